The number of hydrogen-bond acceptors (Lipinski definition) is 3. The van der Waals surface area contributed by atoms with Crippen LogP contribution in [0.4, 0.5) is 11.4 Å². The van der Waals surface area contributed by atoms with Gasteiger partial charge >= 0.3 is 0 Å². The molecule has 0 saturated heterocycles. The first-order valence-electron chi connectivity index (χ1n) is 13.6. The lowest BCUT2D eigenvalue weighted by molar-refractivity contribution is 0.369. The van der Waals surface area contributed by atoms with Gasteiger partial charge in [0.1, 0.15) is 0 Å². The average molecular weight is 532 g/mol. The van der Waals surface area contributed by atoms with E-state index in [-0.39, 0.29) is 5.75 Å². The lowest BCUT2D eigenvalue weighted by Gasteiger charge is -2.29. The van der Waals surface area contributed by atoms with Crippen LogP contribution >= 0.6 is 0 Å². The number of fused-ring (bicyclic) bond motifs is 5. The van der Waals surface area contributed by atoms with Crippen LogP contribution in [0.3, 0.4) is 0 Å². The Labute approximate surface area is 230 Å². The molecule has 0 atom stereocenters. The molecule has 0 aromatic heterocycles. The summed E-state index contributed by atoms with van der Waals surface area (Å²) in [4.78, 5) is 2.28. The van der Waals surface area contributed by atoms with Crippen molar-refractivity contribution in [1.82, 2.24) is 0 Å². The lowest BCUT2D eigenvalue weighted by Crippen LogP contribution is -2.28. The second kappa shape index (κ2) is 10.0. The van der Waals surface area contributed by atoms with Gasteiger partial charge in [-0.05, 0) is 80.9 Å². The maximum atomic E-state index is 12.2. The van der Waals surface area contributed by atoms with Crippen LogP contribution in [0.15, 0.2) is 108 Å². The largest absolute Gasteiger partial charge is 0.316 e. The van der Waals surface area contributed by atoms with Crippen LogP contribution < -0.4 is 15.3 Å². The molecule has 4 aromatic rings. The third kappa shape index (κ3) is 4.97. The summed E-state index contributed by atoms with van der Waals surface area (Å²) >= 11 is 0. The molecule has 0 radical (unpaired) electrons. The minimum Gasteiger partial charge on any atom is -0.316 e. The molecule has 39 heavy (non-hydrogen) atoms. The molecule has 196 valence electrons. The van der Waals surface area contributed by atoms with Crippen molar-refractivity contribution >= 4 is 33.4 Å². The Morgan fingerprint density at radius 3 is 2.31 bits per heavy atom. The van der Waals surface area contributed by atoms with Crippen molar-refractivity contribution in [3.05, 3.63) is 135 Å². The van der Waals surface area contributed by atoms with Gasteiger partial charge in [0.25, 0.3) is 0 Å². The van der Waals surface area contributed by atoms with Gasteiger partial charge in [-0.2, -0.15) is 0 Å². The molecule has 0 N–H and O–H groups in total. The first-order valence-corrected chi connectivity index (χ1v) is 15.2. The second-order valence-electron chi connectivity index (χ2n) is 11.2. The normalized spacial score (nSPS) is 17.4. The molecule has 7 rings (SSSR count). The molecular weight excluding hydrogens is 498 g/mol. The lowest BCUT2D eigenvalue weighted by atomic mass is 9.76. The van der Waals surface area contributed by atoms with E-state index in [0.29, 0.717) is 16.0 Å². The smallest absolute Gasteiger partial charge is 0.184 e. The zero-order chi connectivity index (χ0) is 27.0. The average Bonchev–Trinajstić information content (AvgIpc) is 3.08. The highest BCUT2D eigenvalue weighted by atomic mass is 32.2. The van der Waals surface area contributed by atoms with Crippen molar-refractivity contribution in [3.8, 4) is 0 Å². The summed E-state index contributed by atoms with van der Waals surface area (Å²) in [7, 11) is -3.25. The molecule has 0 unspecified atom stereocenters. The molecule has 0 bridgehead atoms. The van der Waals surface area contributed by atoms with Crippen LogP contribution in [-0.2, 0) is 22.7 Å². The van der Waals surface area contributed by atoms with Crippen molar-refractivity contribution in [1.29, 1.82) is 0 Å². The summed E-state index contributed by atoms with van der Waals surface area (Å²) in [6.07, 6.45) is 11.8. The van der Waals surface area contributed by atoms with Crippen LogP contribution in [0, 0.1) is 15.9 Å². The van der Waals surface area contributed by atoms with Gasteiger partial charge in [0, 0.05) is 11.9 Å². The Balaban J connectivity index is 0.000000142. The molecule has 0 amide bonds. The van der Waals surface area contributed by atoms with E-state index < -0.39 is 9.84 Å². The minimum absolute atomic E-state index is 0.0351. The number of rotatable bonds is 1. The van der Waals surface area contributed by atoms with Crippen LogP contribution in [0.2, 0.25) is 0 Å². The standard InChI is InChI=1S/C20H20.C15H13NO2S/c1-20(2)12-11-15-8-9-17-16-6-4-3-5-14(16)7-10-18(17)19(15)13-20;17-19(18)12-6-11-16(13-7-2-1-3-8-13)14-9-4-5-10-15(14)19/h3-9,11H,10,12-13H2,1-2H3;1-11H,12H2. The van der Waals surface area contributed by atoms with Gasteiger partial charge < -0.3 is 4.90 Å². The SMILES string of the molecule is CC1(C)CC=c2ccc3c(c2C1)CC=c1ccccc1=3.O=S1(=O)CC=CN(c2ccccc2)c2ccccc21. The van der Waals surface area contributed by atoms with Crippen LogP contribution in [0.1, 0.15) is 31.4 Å². The Kier molecular flexibility index (Phi) is 6.52. The molecule has 3 aliphatic rings. The highest BCUT2D eigenvalue weighted by molar-refractivity contribution is 7.91. The van der Waals surface area contributed by atoms with Gasteiger partial charge in [-0.15, -0.1) is 0 Å². The van der Waals surface area contributed by atoms with E-state index in [9.17, 15) is 8.42 Å². The highest BCUT2D eigenvalue weighted by Crippen LogP contribution is 2.34. The zero-order valence-electron chi connectivity index (χ0n) is 22.5. The molecular formula is C35H33NO2S. The van der Waals surface area contributed by atoms with E-state index in [0.717, 1.165) is 12.1 Å². The highest BCUT2D eigenvalue weighted by Gasteiger charge is 2.24. The molecule has 0 saturated carbocycles. The van der Waals surface area contributed by atoms with Gasteiger partial charge in [0.15, 0.2) is 9.84 Å². The summed E-state index contributed by atoms with van der Waals surface area (Å²) in [5, 5.41) is 5.71. The number of sulfone groups is 1. The topological polar surface area (TPSA) is 37.4 Å². The number of para-hydroxylation sites is 2. The van der Waals surface area contributed by atoms with E-state index in [2.05, 4.69) is 62.4 Å². The minimum atomic E-state index is -3.25. The van der Waals surface area contributed by atoms with Crippen molar-refractivity contribution in [2.45, 2.75) is 38.0 Å². The van der Waals surface area contributed by atoms with E-state index in [1.165, 1.54) is 33.7 Å². The molecule has 3 nitrogen and oxygen atoms in total. The molecule has 0 fully saturated rings. The first kappa shape index (κ1) is 25.4. The molecule has 2 aliphatic carbocycles. The van der Waals surface area contributed by atoms with Crippen molar-refractivity contribution in [3.63, 3.8) is 0 Å². The fraction of sp³-hybridized carbons (Fsp3) is 0.200. The van der Waals surface area contributed by atoms with Gasteiger partial charge in [-0.25, -0.2) is 8.42 Å². The van der Waals surface area contributed by atoms with Crippen LogP contribution in [0.25, 0.3) is 12.2 Å². The zero-order valence-corrected chi connectivity index (χ0v) is 23.3. The third-order valence-electron chi connectivity index (χ3n) is 7.84. The maximum absolute atomic E-state index is 12.2. The van der Waals surface area contributed by atoms with E-state index >= 15 is 0 Å². The Hall–Kier alpha value is -3.89. The fourth-order valence-electron chi connectivity index (χ4n) is 5.84. The molecule has 4 aromatic carbocycles. The fourth-order valence-corrected chi connectivity index (χ4v) is 7.13. The van der Waals surface area contributed by atoms with E-state index in [1.54, 1.807) is 29.3 Å². The van der Waals surface area contributed by atoms with Gasteiger partial charge in [-0.1, -0.05) is 98.8 Å². The molecule has 4 heteroatoms. The predicted octanol–water partition coefficient (Wildman–Crippen LogP) is 6.19. The quantitative estimate of drug-likeness (QED) is 0.294. The van der Waals surface area contributed by atoms with E-state index in [4.69, 9.17) is 0 Å². The predicted molar refractivity (Wildman–Crippen MR) is 161 cm³/mol. The number of hydrogen-bond donors (Lipinski definition) is 0. The van der Waals surface area contributed by atoms with Gasteiger partial charge in [0.2, 0.25) is 0 Å². The monoisotopic (exact) mass is 531 g/mol. The van der Waals surface area contributed by atoms with Crippen molar-refractivity contribution in [2.24, 2.45) is 5.41 Å². The van der Waals surface area contributed by atoms with E-state index in [1.807, 2.05) is 53.6 Å². The second-order valence-corrected chi connectivity index (χ2v) is 13.2. The summed E-state index contributed by atoms with van der Waals surface area (Å²) in [5.41, 5.74) is 5.19. The van der Waals surface area contributed by atoms with Gasteiger partial charge in [0.05, 0.1) is 16.3 Å². The third-order valence-corrected chi connectivity index (χ3v) is 9.49. The first-order chi connectivity index (χ1) is 18.8. The van der Waals surface area contributed by atoms with Crippen molar-refractivity contribution < 1.29 is 8.42 Å². The number of nitrogens with zero attached hydrogens (tertiary/aromatic N) is 1. The molecule has 0 spiro atoms. The molecule has 1 aliphatic heterocycles. The maximum Gasteiger partial charge on any atom is 0.184 e. The summed E-state index contributed by atoms with van der Waals surface area (Å²) in [6.45, 7) is 4.76. The van der Waals surface area contributed by atoms with Gasteiger partial charge in [-0.3, -0.25) is 0 Å². The van der Waals surface area contributed by atoms with Crippen LogP contribution in [-0.4, -0.2) is 14.2 Å². The summed E-state index contributed by atoms with van der Waals surface area (Å²) in [5.74, 6) is 0.0351. The Bertz CT molecular complexity index is 1910. The number of benzene rings is 4. The number of anilines is 2. The summed E-state index contributed by atoms with van der Waals surface area (Å²) in [6, 6.07) is 30.2. The van der Waals surface area contributed by atoms with Crippen molar-refractivity contribution in [2.75, 3.05) is 10.7 Å². The Morgan fingerprint density at radius 1 is 0.718 bits per heavy atom. The molecule has 1 heterocycles. The van der Waals surface area contributed by atoms with Crippen LogP contribution in [0.5, 0.6) is 0 Å². The summed E-state index contributed by atoms with van der Waals surface area (Å²) < 4.78 is 24.4. The Morgan fingerprint density at radius 2 is 1.46 bits per heavy atom.